The molecule has 1 aliphatic heterocycles. The van der Waals surface area contributed by atoms with E-state index >= 15 is 0 Å². The molecule has 32 heavy (non-hydrogen) atoms. The van der Waals surface area contributed by atoms with E-state index < -0.39 is 42.8 Å². The minimum atomic E-state index is -4.41. The molecule has 10 heteroatoms. The summed E-state index contributed by atoms with van der Waals surface area (Å²) in [4.78, 5) is 12.1. The van der Waals surface area contributed by atoms with E-state index in [2.05, 4.69) is 5.32 Å². The average Bonchev–Trinajstić information content (AvgIpc) is 2.83. The zero-order valence-electron chi connectivity index (χ0n) is 19.6. The van der Waals surface area contributed by atoms with Crippen LogP contribution in [-0.2, 0) is 14.0 Å². The van der Waals surface area contributed by atoms with E-state index in [9.17, 15) is 18.0 Å². The molecule has 1 heterocycles. The molecule has 2 rings (SSSR count). The lowest BCUT2D eigenvalue weighted by atomic mass is 9.77. The van der Waals surface area contributed by atoms with Crippen LogP contribution in [0.15, 0.2) is 29.7 Å². The zero-order valence-corrected chi connectivity index (χ0v) is 19.6. The molecule has 1 amide bonds. The van der Waals surface area contributed by atoms with E-state index in [-0.39, 0.29) is 12.3 Å². The number of halogens is 3. The molecule has 0 radical (unpaired) electrons. The fraction of sp³-hybridized carbons (Fsp3) is 0.591. The van der Waals surface area contributed by atoms with Crippen molar-refractivity contribution >= 4 is 19.3 Å². The van der Waals surface area contributed by atoms with Crippen molar-refractivity contribution in [3.63, 3.8) is 0 Å². The Labute approximate surface area is 187 Å². The second-order valence-corrected chi connectivity index (χ2v) is 9.64. The van der Waals surface area contributed by atoms with Gasteiger partial charge in [0.25, 0.3) is 0 Å². The van der Waals surface area contributed by atoms with Gasteiger partial charge in [-0.25, -0.2) is 4.79 Å². The number of carbonyl (C=O) groups is 1. The molecule has 0 saturated carbocycles. The molecule has 0 unspecified atom stereocenters. The molecule has 1 saturated heterocycles. The summed E-state index contributed by atoms with van der Waals surface area (Å²) in [5, 5.41) is 2.70. The number of hydrogen-bond acceptors (Lipinski definition) is 5. The molecule has 0 aliphatic carbocycles. The number of amides is 1. The number of rotatable bonds is 6. The van der Waals surface area contributed by atoms with Gasteiger partial charge in [-0.05, 0) is 71.6 Å². The van der Waals surface area contributed by atoms with Crippen molar-refractivity contribution in [1.82, 2.24) is 5.32 Å². The van der Waals surface area contributed by atoms with E-state index in [1.165, 1.54) is 12.1 Å². The lowest BCUT2D eigenvalue weighted by Gasteiger charge is -2.32. The molecular formula is C22H31BF3NO5. The molecule has 178 valence electrons. The standard InChI is InChI=1S/C22H31BF3NO5/c1-19(2,3)30-18(28)27-13-16(23-31-20(4,5)21(6,7)32-23)12-15-8-10-17(11-9-15)29-14-22(24,25)26/h8-12H,13-14H2,1-7H3,(H,27,28). The minimum absolute atomic E-state index is 0.0953. The zero-order chi connectivity index (χ0) is 24.4. The Morgan fingerprint density at radius 2 is 1.59 bits per heavy atom. The summed E-state index contributed by atoms with van der Waals surface area (Å²) >= 11 is 0. The van der Waals surface area contributed by atoms with Crippen molar-refractivity contribution in [2.24, 2.45) is 0 Å². The third-order valence-electron chi connectivity index (χ3n) is 5.03. The van der Waals surface area contributed by atoms with Gasteiger partial charge in [-0.2, -0.15) is 13.2 Å². The number of hydrogen-bond donors (Lipinski definition) is 1. The Hall–Kier alpha value is -2.20. The normalized spacial score (nSPS) is 18.4. The van der Waals surface area contributed by atoms with Gasteiger partial charge in [0.1, 0.15) is 11.4 Å². The van der Waals surface area contributed by atoms with Crippen LogP contribution >= 0.6 is 0 Å². The average molecular weight is 457 g/mol. The summed E-state index contributed by atoms with van der Waals surface area (Å²) in [7, 11) is -0.726. The Balaban J connectivity index is 2.20. The molecule has 1 N–H and O–H groups in total. The summed E-state index contributed by atoms with van der Waals surface area (Å²) in [6, 6.07) is 6.12. The van der Waals surface area contributed by atoms with Crippen LogP contribution in [0.1, 0.15) is 54.0 Å². The predicted molar refractivity (Wildman–Crippen MR) is 116 cm³/mol. The summed E-state index contributed by atoms with van der Waals surface area (Å²) in [6.07, 6.45) is -3.24. The van der Waals surface area contributed by atoms with Crippen LogP contribution in [0, 0.1) is 0 Å². The van der Waals surface area contributed by atoms with Gasteiger partial charge in [0.05, 0.1) is 11.2 Å². The number of ether oxygens (including phenoxy) is 2. The molecule has 1 fully saturated rings. The van der Waals surface area contributed by atoms with Gasteiger partial charge in [-0.1, -0.05) is 18.2 Å². The first-order valence-corrected chi connectivity index (χ1v) is 10.3. The highest BCUT2D eigenvalue weighted by atomic mass is 19.4. The number of carbonyl (C=O) groups excluding carboxylic acids is 1. The molecule has 1 aromatic rings. The first kappa shape index (κ1) is 26.1. The quantitative estimate of drug-likeness (QED) is 0.598. The van der Waals surface area contributed by atoms with Crippen molar-refractivity contribution in [3.05, 3.63) is 35.3 Å². The van der Waals surface area contributed by atoms with Gasteiger partial charge in [-0.3, -0.25) is 0 Å². The highest BCUT2D eigenvalue weighted by Gasteiger charge is 2.52. The van der Waals surface area contributed by atoms with Crippen LogP contribution in [-0.4, -0.2) is 49.3 Å². The maximum Gasteiger partial charge on any atom is 0.492 e. The van der Waals surface area contributed by atoms with Crippen LogP contribution in [0.4, 0.5) is 18.0 Å². The smallest absolute Gasteiger partial charge is 0.484 e. The largest absolute Gasteiger partial charge is 0.492 e. The fourth-order valence-electron chi connectivity index (χ4n) is 2.72. The number of benzene rings is 1. The maximum atomic E-state index is 12.3. The minimum Gasteiger partial charge on any atom is -0.484 e. The van der Waals surface area contributed by atoms with Gasteiger partial charge < -0.3 is 24.1 Å². The maximum absolute atomic E-state index is 12.3. The molecule has 6 nitrogen and oxygen atoms in total. The Morgan fingerprint density at radius 3 is 2.06 bits per heavy atom. The summed E-state index contributed by atoms with van der Waals surface area (Å²) < 4.78 is 59.2. The van der Waals surface area contributed by atoms with Crippen molar-refractivity contribution in [1.29, 1.82) is 0 Å². The summed E-state index contributed by atoms with van der Waals surface area (Å²) in [5.74, 6) is 0.100. The Bertz CT molecular complexity index is 813. The summed E-state index contributed by atoms with van der Waals surface area (Å²) in [5.41, 5.74) is -0.515. The Kier molecular flexibility index (Phi) is 7.61. The van der Waals surface area contributed by atoms with Gasteiger partial charge in [0.15, 0.2) is 6.61 Å². The van der Waals surface area contributed by atoms with Crippen LogP contribution < -0.4 is 10.1 Å². The van der Waals surface area contributed by atoms with Crippen LogP contribution in [0.3, 0.4) is 0 Å². The summed E-state index contributed by atoms with van der Waals surface area (Å²) in [6.45, 7) is 11.7. The molecule has 0 aromatic heterocycles. The lowest BCUT2D eigenvalue weighted by Crippen LogP contribution is -2.41. The molecule has 1 aromatic carbocycles. The topological polar surface area (TPSA) is 66.0 Å². The first-order chi connectivity index (χ1) is 14.5. The van der Waals surface area contributed by atoms with E-state index in [1.807, 2.05) is 27.7 Å². The van der Waals surface area contributed by atoms with Gasteiger partial charge in [0.2, 0.25) is 0 Å². The number of alkyl halides is 3. The van der Waals surface area contributed by atoms with Crippen molar-refractivity contribution in [2.75, 3.05) is 13.2 Å². The highest BCUT2D eigenvalue weighted by molar-refractivity contribution is 6.56. The van der Waals surface area contributed by atoms with E-state index in [1.54, 1.807) is 39.0 Å². The molecule has 0 atom stereocenters. The number of alkyl carbamates (subject to hydrolysis) is 1. The van der Waals surface area contributed by atoms with Gasteiger partial charge >= 0.3 is 19.4 Å². The molecule has 0 spiro atoms. The van der Waals surface area contributed by atoms with Crippen LogP contribution in [0.5, 0.6) is 5.75 Å². The molecule has 0 bridgehead atoms. The third-order valence-corrected chi connectivity index (χ3v) is 5.03. The number of nitrogens with one attached hydrogen (secondary N) is 1. The predicted octanol–water partition coefficient (Wildman–Crippen LogP) is 5.17. The highest BCUT2D eigenvalue weighted by Crippen LogP contribution is 2.38. The fourth-order valence-corrected chi connectivity index (χ4v) is 2.72. The second kappa shape index (κ2) is 9.35. The lowest BCUT2D eigenvalue weighted by molar-refractivity contribution is -0.153. The van der Waals surface area contributed by atoms with Gasteiger partial charge in [-0.15, -0.1) is 0 Å². The Morgan fingerprint density at radius 1 is 1.06 bits per heavy atom. The van der Waals surface area contributed by atoms with Crippen LogP contribution in [0.2, 0.25) is 0 Å². The van der Waals surface area contributed by atoms with Crippen LogP contribution in [0.25, 0.3) is 6.08 Å². The molecular weight excluding hydrogens is 426 g/mol. The second-order valence-electron chi connectivity index (χ2n) is 9.64. The van der Waals surface area contributed by atoms with Crippen molar-refractivity contribution < 1.29 is 36.7 Å². The molecule has 1 aliphatic rings. The van der Waals surface area contributed by atoms with E-state index in [0.29, 0.717) is 11.0 Å². The van der Waals surface area contributed by atoms with Crippen molar-refractivity contribution in [3.8, 4) is 5.75 Å². The van der Waals surface area contributed by atoms with E-state index in [0.717, 1.165) is 0 Å². The van der Waals surface area contributed by atoms with Crippen molar-refractivity contribution in [2.45, 2.75) is 71.4 Å². The monoisotopic (exact) mass is 457 g/mol. The third kappa shape index (κ3) is 7.74. The SMILES string of the molecule is CC(C)(C)OC(=O)NCC(=Cc1ccc(OCC(F)(F)F)cc1)B1OC(C)(C)C(C)(C)O1. The first-order valence-electron chi connectivity index (χ1n) is 10.3. The van der Waals surface area contributed by atoms with E-state index in [4.69, 9.17) is 18.8 Å². The van der Waals surface area contributed by atoms with Gasteiger partial charge in [0, 0.05) is 6.54 Å².